The van der Waals surface area contributed by atoms with E-state index in [-0.39, 0.29) is 15.5 Å². The number of carbonyl (C=O) groups excluding carboxylic acids is 1. The topological polar surface area (TPSA) is 41.1 Å². The molecule has 0 fully saturated rings. The Balaban J connectivity index is 3.28. The average molecular weight is 512 g/mol. The van der Waals surface area contributed by atoms with E-state index in [2.05, 4.69) is 31.9 Å². The Kier molecular flexibility index (Phi) is 5.99. The molecule has 1 rings (SSSR count). The Bertz CT molecular complexity index is 618. The van der Waals surface area contributed by atoms with Crippen molar-refractivity contribution >= 4 is 43.6 Å². The number of halogens is 11. The molecule has 0 saturated carbocycles. The third kappa shape index (κ3) is 4.33. The van der Waals surface area contributed by atoms with Crippen molar-refractivity contribution in [2.75, 3.05) is 5.32 Å². The molecule has 14 heteroatoms. The fourth-order valence-corrected chi connectivity index (χ4v) is 2.76. The summed E-state index contributed by atoms with van der Waals surface area (Å²) in [4.78, 5) is 11.5. The average Bonchev–Trinajstić information content (AvgIpc) is 2.34. The van der Waals surface area contributed by atoms with Crippen LogP contribution in [0.1, 0.15) is 0 Å². The lowest BCUT2D eigenvalue weighted by atomic mass is 9.97. The second-order valence-electron chi connectivity index (χ2n) is 4.45. The van der Waals surface area contributed by atoms with E-state index in [0.29, 0.717) is 4.47 Å². The Morgan fingerprint density at radius 1 is 0.840 bits per heavy atom. The molecule has 0 heterocycles. The van der Waals surface area contributed by atoms with Crippen LogP contribution in [-0.2, 0) is 0 Å². The molecule has 0 atom stereocenters. The summed E-state index contributed by atoms with van der Waals surface area (Å²) in [5.74, 6) is 0. The molecule has 25 heavy (non-hydrogen) atoms. The molecule has 2 amide bonds. The van der Waals surface area contributed by atoms with Crippen LogP contribution < -0.4 is 10.6 Å². The van der Waals surface area contributed by atoms with Crippen molar-refractivity contribution in [3.8, 4) is 0 Å². The highest BCUT2D eigenvalue weighted by molar-refractivity contribution is 9.11. The first-order chi connectivity index (χ1) is 11.0. The Morgan fingerprint density at radius 3 is 1.64 bits per heavy atom. The SMILES string of the molecule is O=C(Nc1ccc(Br)cc1Br)NC(C(F)(F)F)(C(F)(F)F)C(F)(F)F. The summed E-state index contributed by atoms with van der Waals surface area (Å²) in [6.07, 6.45) is -20.7. The van der Waals surface area contributed by atoms with Crippen LogP contribution in [0.5, 0.6) is 0 Å². The molecule has 0 bridgehead atoms. The molecule has 3 nitrogen and oxygen atoms in total. The number of benzene rings is 1. The van der Waals surface area contributed by atoms with Crippen molar-refractivity contribution in [2.24, 2.45) is 0 Å². The number of hydrogen-bond acceptors (Lipinski definition) is 1. The maximum Gasteiger partial charge on any atom is 0.429 e. The summed E-state index contributed by atoms with van der Waals surface area (Å²) < 4.78 is 115. The number of anilines is 1. The molecular formula is C11H5Br2F9N2O. The molecule has 0 aliphatic heterocycles. The molecule has 1 aromatic carbocycles. The predicted octanol–water partition coefficient (Wildman–Crippen LogP) is 5.76. The summed E-state index contributed by atoms with van der Waals surface area (Å²) >= 11 is 5.82. The minimum Gasteiger partial charge on any atom is -0.308 e. The number of urea groups is 1. The molecule has 0 aromatic heterocycles. The van der Waals surface area contributed by atoms with Crippen molar-refractivity contribution in [1.82, 2.24) is 5.32 Å². The van der Waals surface area contributed by atoms with Gasteiger partial charge in [-0.05, 0) is 34.1 Å². The van der Waals surface area contributed by atoms with Crippen LogP contribution in [0.15, 0.2) is 27.1 Å². The van der Waals surface area contributed by atoms with Crippen molar-refractivity contribution in [3.05, 3.63) is 27.1 Å². The van der Waals surface area contributed by atoms with Gasteiger partial charge in [-0.25, -0.2) is 4.79 Å². The first-order valence-corrected chi connectivity index (χ1v) is 7.36. The molecule has 0 spiro atoms. The minimum atomic E-state index is -6.89. The van der Waals surface area contributed by atoms with Gasteiger partial charge in [-0.2, -0.15) is 39.5 Å². The quantitative estimate of drug-likeness (QED) is 0.487. The molecule has 142 valence electrons. The first-order valence-electron chi connectivity index (χ1n) is 5.77. The van der Waals surface area contributed by atoms with Gasteiger partial charge in [0.15, 0.2) is 0 Å². The van der Waals surface area contributed by atoms with E-state index >= 15 is 0 Å². The summed E-state index contributed by atoms with van der Waals surface area (Å²) in [5.41, 5.74) is -6.79. The van der Waals surface area contributed by atoms with E-state index in [9.17, 15) is 44.3 Å². The Hall–Kier alpha value is -1.18. The summed E-state index contributed by atoms with van der Waals surface area (Å²) in [7, 11) is 0. The maximum atomic E-state index is 12.7. The minimum absolute atomic E-state index is 0.00588. The first kappa shape index (κ1) is 21.9. The highest BCUT2D eigenvalue weighted by atomic mass is 79.9. The van der Waals surface area contributed by atoms with Gasteiger partial charge in [0.2, 0.25) is 0 Å². The number of rotatable bonds is 2. The second-order valence-corrected chi connectivity index (χ2v) is 6.22. The molecule has 1 aromatic rings. The zero-order valence-electron chi connectivity index (χ0n) is 11.3. The number of carbonyl (C=O) groups is 1. The molecule has 0 radical (unpaired) electrons. The fourth-order valence-electron chi connectivity index (χ4n) is 1.61. The van der Waals surface area contributed by atoms with Crippen LogP contribution in [0.3, 0.4) is 0 Å². The standard InChI is InChI=1S/C11H5Br2F9N2O/c12-4-1-2-6(5(13)3-4)23-7(25)24-8(9(14,15)16,10(17,18)19)11(20,21)22/h1-3H,(H2,23,24,25). The van der Waals surface area contributed by atoms with E-state index in [0.717, 1.165) is 6.07 Å². The lowest BCUT2D eigenvalue weighted by Crippen LogP contribution is -2.75. The van der Waals surface area contributed by atoms with Crippen LogP contribution in [0.2, 0.25) is 0 Å². The third-order valence-electron chi connectivity index (χ3n) is 2.76. The molecule has 0 aliphatic rings. The van der Waals surface area contributed by atoms with Gasteiger partial charge >= 0.3 is 30.1 Å². The van der Waals surface area contributed by atoms with Crippen molar-refractivity contribution in [2.45, 2.75) is 24.1 Å². The van der Waals surface area contributed by atoms with Gasteiger partial charge in [-0.3, -0.25) is 0 Å². The zero-order valence-corrected chi connectivity index (χ0v) is 14.5. The van der Waals surface area contributed by atoms with E-state index in [1.54, 1.807) is 0 Å². The van der Waals surface area contributed by atoms with E-state index in [1.165, 1.54) is 17.4 Å². The van der Waals surface area contributed by atoms with Gasteiger partial charge in [0, 0.05) is 8.95 Å². The van der Waals surface area contributed by atoms with E-state index < -0.39 is 30.1 Å². The largest absolute Gasteiger partial charge is 0.429 e. The van der Waals surface area contributed by atoms with Crippen molar-refractivity contribution < 1.29 is 44.3 Å². The lowest BCUT2D eigenvalue weighted by molar-refractivity contribution is -0.386. The lowest BCUT2D eigenvalue weighted by Gasteiger charge is -2.38. The number of amides is 2. The van der Waals surface area contributed by atoms with Crippen LogP contribution in [0.4, 0.5) is 50.0 Å². The Labute approximate surface area is 150 Å². The predicted molar refractivity (Wildman–Crippen MR) is 74.9 cm³/mol. The highest BCUT2D eigenvalue weighted by Crippen LogP contribution is 2.52. The summed E-state index contributed by atoms with van der Waals surface area (Å²) in [6, 6.07) is 1.17. The van der Waals surface area contributed by atoms with Crippen LogP contribution in [0, 0.1) is 0 Å². The van der Waals surface area contributed by atoms with Gasteiger partial charge in [0.05, 0.1) is 5.69 Å². The highest BCUT2D eigenvalue weighted by Gasteiger charge is 2.84. The molecule has 0 saturated heterocycles. The monoisotopic (exact) mass is 510 g/mol. The van der Waals surface area contributed by atoms with Crippen LogP contribution in [0.25, 0.3) is 0 Å². The van der Waals surface area contributed by atoms with Gasteiger partial charge < -0.3 is 10.6 Å². The molecule has 0 aliphatic carbocycles. The van der Waals surface area contributed by atoms with Gasteiger partial charge in [-0.15, -0.1) is 0 Å². The number of nitrogens with one attached hydrogen (secondary N) is 2. The molecular weight excluding hydrogens is 507 g/mol. The number of hydrogen-bond donors (Lipinski definition) is 2. The van der Waals surface area contributed by atoms with Gasteiger partial charge in [-0.1, -0.05) is 15.9 Å². The number of alkyl halides is 9. The third-order valence-corrected chi connectivity index (χ3v) is 3.91. The molecule has 0 unspecified atom stereocenters. The molecule has 2 N–H and O–H groups in total. The fraction of sp³-hybridized carbons (Fsp3) is 0.364. The normalized spacial score (nSPS) is 13.6. The Morgan fingerprint density at radius 2 is 1.28 bits per heavy atom. The van der Waals surface area contributed by atoms with Gasteiger partial charge in [0.1, 0.15) is 0 Å². The van der Waals surface area contributed by atoms with Gasteiger partial charge in [0.25, 0.3) is 0 Å². The smallest absolute Gasteiger partial charge is 0.308 e. The van der Waals surface area contributed by atoms with Crippen LogP contribution in [-0.4, -0.2) is 30.1 Å². The summed E-state index contributed by atoms with van der Waals surface area (Å²) in [5, 5.41) is 1.47. The second kappa shape index (κ2) is 6.85. The van der Waals surface area contributed by atoms with Crippen molar-refractivity contribution in [3.63, 3.8) is 0 Å². The summed E-state index contributed by atoms with van der Waals surface area (Å²) in [6.45, 7) is 0. The van der Waals surface area contributed by atoms with Crippen molar-refractivity contribution in [1.29, 1.82) is 0 Å². The van der Waals surface area contributed by atoms with E-state index in [4.69, 9.17) is 0 Å². The van der Waals surface area contributed by atoms with E-state index in [1.807, 2.05) is 0 Å². The zero-order chi connectivity index (χ0) is 19.8. The van der Waals surface area contributed by atoms with Crippen LogP contribution >= 0.6 is 31.9 Å². The maximum absolute atomic E-state index is 12.7.